The first-order valence-electron chi connectivity index (χ1n) is 6.86. The molecule has 0 aliphatic rings. The van der Waals surface area contributed by atoms with Gasteiger partial charge in [-0.05, 0) is 17.7 Å². The molecule has 6 nitrogen and oxygen atoms in total. The molecule has 0 aliphatic carbocycles. The summed E-state index contributed by atoms with van der Waals surface area (Å²) < 4.78 is 31.0. The summed E-state index contributed by atoms with van der Waals surface area (Å²) in [5, 5.41) is 4.26. The number of nitrogens with zero attached hydrogens (tertiary/aromatic N) is 2. The van der Waals surface area contributed by atoms with Gasteiger partial charge in [0.05, 0.1) is 18.4 Å². The lowest BCUT2D eigenvalue weighted by molar-refractivity contribution is 0.170. The molecule has 0 atom stereocenters. The zero-order valence-corrected chi connectivity index (χ0v) is 13.2. The maximum Gasteiger partial charge on any atom is 0.435 e. The number of para-hydroxylation sites is 1. The number of aromatic nitrogens is 2. The highest BCUT2D eigenvalue weighted by atomic mass is 32.2. The molecule has 0 spiro atoms. The number of fused-ring (bicyclic) bond motifs is 1. The fraction of sp³-hybridized carbons (Fsp3) is 0.125. The van der Waals surface area contributed by atoms with E-state index in [1.54, 1.807) is 48.5 Å². The molecule has 0 saturated carbocycles. The van der Waals surface area contributed by atoms with Crippen molar-refractivity contribution < 1.29 is 17.9 Å². The maximum absolute atomic E-state index is 12.7. The van der Waals surface area contributed by atoms with E-state index in [0.717, 1.165) is 4.68 Å². The van der Waals surface area contributed by atoms with Crippen molar-refractivity contribution in [3.05, 3.63) is 60.2 Å². The third kappa shape index (κ3) is 2.83. The van der Waals surface area contributed by atoms with Gasteiger partial charge in [-0.3, -0.25) is 0 Å². The van der Waals surface area contributed by atoms with E-state index in [1.807, 2.05) is 6.07 Å². The van der Waals surface area contributed by atoms with Gasteiger partial charge in [0, 0.05) is 5.39 Å². The summed E-state index contributed by atoms with van der Waals surface area (Å²) in [5.41, 5.74) is 1.05. The maximum atomic E-state index is 12.7. The molecule has 0 fully saturated rings. The van der Waals surface area contributed by atoms with Crippen molar-refractivity contribution in [1.29, 1.82) is 0 Å². The van der Waals surface area contributed by atoms with Crippen LogP contribution in [0.15, 0.2) is 59.6 Å². The van der Waals surface area contributed by atoms with Gasteiger partial charge >= 0.3 is 6.09 Å². The van der Waals surface area contributed by atoms with Crippen LogP contribution in [0.4, 0.5) is 4.79 Å². The van der Waals surface area contributed by atoms with Gasteiger partial charge in [-0.25, -0.2) is 13.2 Å². The summed E-state index contributed by atoms with van der Waals surface area (Å²) in [5.74, 6) is -0.185. The molecule has 0 N–H and O–H groups in total. The van der Waals surface area contributed by atoms with Gasteiger partial charge in [-0.15, -0.1) is 5.10 Å². The largest absolute Gasteiger partial charge is 0.451 e. The van der Waals surface area contributed by atoms with Crippen LogP contribution in [0.5, 0.6) is 0 Å². The molecule has 0 aliphatic heterocycles. The molecule has 118 valence electrons. The average molecular weight is 330 g/mol. The lowest BCUT2D eigenvalue weighted by atomic mass is 10.2. The summed E-state index contributed by atoms with van der Waals surface area (Å²) in [6.07, 6.45) is -0.734. The highest BCUT2D eigenvalue weighted by Crippen LogP contribution is 2.25. The van der Waals surface area contributed by atoms with Gasteiger partial charge in [0.25, 0.3) is 0 Å². The second kappa shape index (κ2) is 5.85. The van der Waals surface area contributed by atoms with E-state index >= 15 is 0 Å². The fourth-order valence-corrected chi connectivity index (χ4v) is 3.84. The van der Waals surface area contributed by atoms with Crippen LogP contribution in [-0.4, -0.2) is 31.4 Å². The second-order valence-corrected chi connectivity index (χ2v) is 6.85. The Bertz CT molecular complexity index is 962. The van der Waals surface area contributed by atoms with Crippen LogP contribution in [0.25, 0.3) is 10.9 Å². The van der Waals surface area contributed by atoms with E-state index in [9.17, 15) is 13.2 Å². The minimum atomic E-state index is -3.70. The number of hydrogen-bond donors (Lipinski definition) is 0. The number of benzene rings is 2. The van der Waals surface area contributed by atoms with Crippen LogP contribution in [-0.2, 0) is 20.3 Å². The normalized spacial score (nSPS) is 11.5. The summed E-state index contributed by atoms with van der Waals surface area (Å²) in [6, 6.07) is 15.5. The number of ether oxygens (including phenoxy) is 1. The van der Waals surface area contributed by atoms with Crippen molar-refractivity contribution >= 4 is 26.8 Å². The Hall–Kier alpha value is -2.67. The number of carbonyl (C=O) groups excluding carboxylic acids is 1. The lowest BCUT2D eigenvalue weighted by Crippen LogP contribution is -2.14. The molecular formula is C16H14N2O4S. The van der Waals surface area contributed by atoms with Crippen molar-refractivity contribution in [2.45, 2.75) is 10.8 Å². The van der Waals surface area contributed by atoms with E-state index in [0.29, 0.717) is 16.5 Å². The average Bonchev–Trinajstić information content (AvgIpc) is 2.95. The molecule has 0 bridgehead atoms. The van der Waals surface area contributed by atoms with Gasteiger partial charge in [0.1, 0.15) is 0 Å². The molecule has 1 aromatic heterocycles. The first-order chi connectivity index (χ1) is 11.0. The van der Waals surface area contributed by atoms with Crippen LogP contribution in [0.2, 0.25) is 0 Å². The topological polar surface area (TPSA) is 78.3 Å². The van der Waals surface area contributed by atoms with Gasteiger partial charge in [-0.2, -0.15) is 4.68 Å². The van der Waals surface area contributed by atoms with Crippen LogP contribution in [0.1, 0.15) is 5.56 Å². The Morgan fingerprint density at radius 2 is 1.74 bits per heavy atom. The third-order valence-electron chi connectivity index (χ3n) is 3.40. The fourth-order valence-electron chi connectivity index (χ4n) is 2.36. The van der Waals surface area contributed by atoms with Crippen LogP contribution in [0.3, 0.4) is 0 Å². The Labute approximate surface area is 133 Å². The molecular weight excluding hydrogens is 316 g/mol. The van der Waals surface area contributed by atoms with Gasteiger partial charge in [0.2, 0.25) is 9.84 Å². The van der Waals surface area contributed by atoms with Crippen molar-refractivity contribution in [1.82, 2.24) is 9.78 Å². The summed E-state index contributed by atoms with van der Waals surface area (Å²) in [6.45, 7) is 0. The molecule has 0 saturated heterocycles. The Morgan fingerprint density at radius 1 is 1.09 bits per heavy atom. The number of carbonyl (C=O) groups is 1. The minimum absolute atomic E-state index is 0.123. The molecule has 7 heteroatoms. The Morgan fingerprint density at radius 3 is 2.43 bits per heavy atom. The smallest absolute Gasteiger partial charge is 0.435 e. The molecule has 1 heterocycles. The van der Waals surface area contributed by atoms with Crippen molar-refractivity contribution in [3.8, 4) is 0 Å². The molecule has 0 unspecified atom stereocenters. The molecule has 23 heavy (non-hydrogen) atoms. The number of hydrogen-bond acceptors (Lipinski definition) is 5. The van der Waals surface area contributed by atoms with Gasteiger partial charge < -0.3 is 4.74 Å². The molecule has 0 amide bonds. The molecule has 0 radical (unpaired) electrons. The monoisotopic (exact) mass is 330 g/mol. The number of methoxy groups -OCH3 is 1. The minimum Gasteiger partial charge on any atom is -0.451 e. The highest BCUT2D eigenvalue weighted by molar-refractivity contribution is 7.90. The first kappa shape index (κ1) is 15.2. The zero-order chi connectivity index (χ0) is 16.4. The standard InChI is InChI=1S/C16H14N2O4S/c1-22-16(19)18-14-10-6-5-9-13(14)15(17-18)23(20,21)11-12-7-3-2-4-8-12/h2-10H,11H2,1H3. The Kier molecular flexibility index (Phi) is 3.87. The van der Waals surface area contributed by atoms with E-state index in [2.05, 4.69) is 9.84 Å². The quantitative estimate of drug-likeness (QED) is 0.737. The molecule has 2 aromatic carbocycles. The second-order valence-electron chi connectivity index (χ2n) is 4.95. The summed E-state index contributed by atoms with van der Waals surface area (Å²) in [4.78, 5) is 11.8. The van der Waals surface area contributed by atoms with E-state index in [-0.39, 0.29) is 10.8 Å². The van der Waals surface area contributed by atoms with E-state index in [1.165, 1.54) is 7.11 Å². The Balaban J connectivity index is 2.14. The van der Waals surface area contributed by atoms with Crippen molar-refractivity contribution in [3.63, 3.8) is 0 Å². The van der Waals surface area contributed by atoms with E-state index in [4.69, 9.17) is 0 Å². The lowest BCUT2D eigenvalue weighted by Gasteiger charge is -2.02. The predicted molar refractivity (Wildman–Crippen MR) is 84.9 cm³/mol. The molecule has 3 aromatic rings. The SMILES string of the molecule is COC(=O)n1nc(S(=O)(=O)Cc2ccccc2)c2ccccc21. The van der Waals surface area contributed by atoms with Crippen molar-refractivity contribution in [2.75, 3.05) is 7.11 Å². The van der Waals surface area contributed by atoms with Gasteiger partial charge in [-0.1, -0.05) is 42.5 Å². The summed E-state index contributed by atoms with van der Waals surface area (Å²) in [7, 11) is -2.48. The molecule has 3 rings (SSSR count). The van der Waals surface area contributed by atoms with Gasteiger partial charge in [0.15, 0.2) is 5.03 Å². The summed E-state index contributed by atoms with van der Waals surface area (Å²) >= 11 is 0. The predicted octanol–water partition coefficient (Wildman–Crippen LogP) is 2.62. The number of rotatable bonds is 3. The van der Waals surface area contributed by atoms with Crippen LogP contribution in [0, 0.1) is 0 Å². The van der Waals surface area contributed by atoms with Crippen LogP contribution >= 0.6 is 0 Å². The number of sulfone groups is 1. The van der Waals surface area contributed by atoms with Crippen LogP contribution < -0.4 is 0 Å². The zero-order valence-electron chi connectivity index (χ0n) is 12.3. The van der Waals surface area contributed by atoms with E-state index < -0.39 is 15.9 Å². The first-order valence-corrected chi connectivity index (χ1v) is 8.51. The highest BCUT2D eigenvalue weighted by Gasteiger charge is 2.25. The third-order valence-corrected chi connectivity index (χ3v) is 5.00. The van der Waals surface area contributed by atoms with Crippen molar-refractivity contribution in [2.24, 2.45) is 0 Å².